The van der Waals surface area contributed by atoms with Crippen LogP contribution in [0.25, 0.3) is 0 Å². The molecule has 7 heteroatoms. The van der Waals surface area contributed by atoms with Crippen molar-refractivity contribution in [1.29, 1.82) is 0 Å². The number of non-ortho nitro benzene ring substituents is 1. The van der Waals surface area contributed by atoms with E-state index in [9.17, 15) is 14.9 Å². The molecule has 3 rings (SSSR count). The highest BCUT2D eigenvalue weighted by Gasteiger charge is 2.34. The average Bonchev–Trinajstić information content (AvgIpc) is 2.91. The molecule has 2 N–H and O–H groups in total. The van der Waals surface area contributed by atoms with Crippen LogP contribution < -0.4 is 10.6 Å². The highest BCUT2D eigenvalue weighted by molar-refractivity contribution is 5.85. The first-order valence-corrected chi connectivity index (χ1v) is 8.85. The van der Waals surface area contributed by atoms with Gasteiger partial charge in [0.25, 0.3) is 5.69 Å². The number of carbonyl (C=O) groups is 1. The summed E-state index contributed by atoms with van der Waals surface area (Å²) in [5, 5.41) is 17.6. The fourth-order valence-corrected chi connectivity index (χ4v) is 4.13. The first kappa shape index (κ1) is 19.7. The molecule has 1 aromatic carbocycles. The van der Waals surface area contributed by atoms with Gasteiger partial charge in [-0.05, 0) is 43.6 Å². The van der Waals surface area contributed by atoms with Crippen molar-refractivity contribution in [2.45, 2.75) is 63.6 Å². The fourth-order valence-electron chi connectivity index (χ4n) is 4.13. The highest BCUT2D eigenvalue weighted by atomic mass is 35.5. The zero-order valence-electron chi connectivity index (χ0n) is 14.4. The van der Waals surface area contributed by atoms with E-state index in [4.69, 9.17) is 0 Å². The van der Waals surface area contributed by atoms with Gasteiger partial charge in [0.1, 0.15) is 0 Å². The number of hydrogen-bond donors (Lipinski definition) is 2. The number of nitrogens with zero attached hydrogens (tertiary/aromatic N) is 1. The van der Waals surface area contributed by atoms with Crippen molar-refractivity contribution in [2.24, 2.45) is 5.92 Å². The number of amides is 1. The van der Waals surface area contributed by atoms with Gasteiger partial charge in [0.05, 0.1) is 11.0 Å². The number of fused-ring (bicyclic) bond motifs is 2. The van der Waals surface area contributed by atoms with E-state index in [0.717, 1.165) is 18.4 Å². The maximum Gasteiger partial charge on any atom is 0.269 e. The van der Waals surface area contributed by atoms with Gasteiger partial charge in [-0.15, -0.1) is 12.4 Å². The summed E-state index contributed by atoms with van der Waals surface area (Å²) in [6.45, 7) is 1.98. The molecule has 2 fully saturated rings. The predicted molar refractivity (Wildman–Crippen MR) is 98.8 cm³/mol. The molecular formula is C18H26ClN3O3. The Hall–Kier alpha value is -1.66. The Balaban J connectivity index is 0.00000225. The molecule has 2 heterocycles. The summed E-state index contributed by atoms with van der Waals surface area (Å²) >= 11 is 0. The molecule has 1 amide bonds. The Morgan fingerprint density at radius 3 is 2.64 bits per heavy atom. The number of nitro groups is 1. The summed E-state index contributed by atoms with van der Waals surface area (Å²) in [5.74, 6) is 0.506. The monoisotopic (exact) mass is 367 g/mol. The fraction of sp³-hybridized carbons (Fsp3) is 0.611. The van der Waals surface area contributed by atoms with Crippen LogP contribution in [-0.2, 0) is 4.79 Å². The molecule has 2 aliphatic rings. The molecule has 2 bridgehead atoms. The summed E-state index contributed by atoms with van der Waals surface area (Å²) in [6, 6.07) is 7.54. The number of benzene rings is 1. The van der Waals surface area contributed by atoms with Gasteiger partial charge in [-0.1, -0.05) is 19.1 Å². The topological polar surface area (TPSA) is 84.3 Å². The second-order valence-corrected chi connectivity index (χ2v) is 7.06. The van der Waals surface area contributed by atoms with E-state index in [1.807, 2.05) is 13.0 Å². The molecule has 0 aliphatic carbocycles. The van der Waals surface area contributed by atoms with Crippen molar-refractivity contribution in [3.8, 4) is 0 Å². The van der Waals surface area contributed by atoms with Crippen molar-refractivity contribution < 1.29 is 9.72 Å². The molecule has 2 aliphatic heterocycles. The zero-order valence-corrected chi connectivity index (χ0v) is 15.3. The molecule has 25 heavy (non-hydrogen) atoms. The van der Waals surface area contributed by atoms with Gasteiger partial charge in [-0.25, -0.2) is 0 Å². The molecule has 0 aromatic heterocycles. The summed E-state index contributed by atoms with van der Waals surface area (Å²) in [5.41, 5.74) is 0.862. The molecule has 3 atom stereocenters. The van der Waals surface area contributed by atoms with Crippen molar-refractivity contribution in [3.63, 3.8) is 0 Å². The molecule has 0 saturated carbocycles. The van der Waals surface area contributed by atoms with Gasteiger partial charge in [-0.3, -0.25) is 14.9 Å². The van der Waals surface area contributed by atoms with Gasteiger partial charge in [0.2, 0.25) is 5.91 Å². The standard InChI is InChI=1S/C18H25N3O3.ClH/c1-2-17(13-4-3-5-16(11-13)21(23)24)20-18(22)10-12-8-14-6-7-15(9-12)19-14;/h3-5,11-12,14-15,17,19H,2,6-10H2,1H3,(H,20,22);1H. The first-order valence-electron chi connectivity index (χ1n) is 8.85. The Bertz CT molecular complexity index is 613. The minimum Gasteiger partial charge on any atom is -0.349 e. The minimum atomic E-state index is -0.400. The second-order valence-electron chi connectivity index (χ2n) is 7.06. The summed E-state index contributed by atoms with van der Waals surface area (Å²) in [6.07, 6.45) is 5.89. The average molecular weight is 368 g/mol. The van der Waals surface area contributed by atoms with Crippen LogP contribution >= 0.6 is 12.4 Å². The third-order valence-corrected chi connectivity index (χ3v) is 5.27. The van der Waals surface area contributed by atoms with Crippen molar-refractivity contribution in [3.05, 3.63) is 39.9 Å². The SMILES string of the molecule is CCC(NC(=O)CC1CC2CCC(C1)N2)c1cccc([N+](=O)[O-])c1.Cl. The van der Waals surface area contributed by atoms with E-state index in [2.05, 4.69) is 10.6 Å². The van der Waals surface area contributed by atoms with E-state index in [1.165, 1.54) is 18.9 Å². The Morgan fingerprint density at radius 1 is 1.36 bits per heavy atom. The number of piperidine rings is 1. The Kier molecular flexibility index (Phi) is 6.79. The van der Waals surface area contributed by atoms with Gasteiger partial charge in [0.15, 0.2) is 0 Å². The van der Waals surface area contributed by atoms with Crippen LogP contribution in [0.2, 0.25) is 0 Å². The number of rotatable bonds is 6. The molecule has 138 valence electrons. The lowest BCUT2D eigenvalue weighted by Gasteiger charge is -2.29. The van der Waals surface area contributed by atoms with E-state index in [0.29, 0.717) is 30.8 Å². The van der Waals surface area contributed by atoms with Crippen molar-refractivity contribution >= 4 is 24.0 Å². The molecule has 1 aromatic rings. The molecule has 6 nitrogen and oxygen atoms in total. The molecule has 2 saturated heterocycles. The smallest absolute Gasteiger partial charge is 0.269 e. The molecule has 0 spiro atoms. The van der Waals surface area contributed by atoms with Gasteiger partial charge < -0.3 is 10.6 Å². The van der Waals surface area contributed by atoms with E-state index >= 15 is 0 Å². The summed E-state index contributed by atoms with van der Waals surface area (Å²) in [7, 11) is 0. The predicted octanol–water partition coefficient (Wildman–Crippen LogP) is 3.50. The largest absolute Gasteiger partial charge is 0.349 e. The normalized spacial score (nSPS) is 25.7. The van der Waals surface area contributed by atoms with Gasteiger partial charge in [-0.2, -0.15) is 0 Å². The number of nitrogens with one attached hydrogen (secondary N) is 2. The third-order valence-electron chi connectivity index (χ3n) is 5.27. The third kappa shape index (κ3) is 4.92. The first-order chi connectivity index (χ1) is 11.5. The number of nitro benzene ring substituents is 1. The second kappa shape index (κ2) is 8.63. The molecule has 0 radical (unpaired) electrons. The van der Waals surface area contributed by atoms with E-state index in [-0.39, 0.29) is 30.0 Å². The number of halogens is 1. The maximum atomic E-state index is 12.4. The quantitative estimate of drug-likeness (QED) is 0.595. The lowest BCUT2D eigenvalue weighted by Crippen LogP contribution is -2.40. The van der Waals surface area contributed by atoms with Crippen LogP contribution in [0.5, 0.6) is 0 Å². The van der Waals surface area contributed by atoms with E-state index < -0.39 is 4.92 Å². The van der Waals surface area contributed by atoms with E-state index in [1.54, 1.807) is 12.1 Å². The number of hydrogen-bond acceptors (Lipinski definition) is 4. The highest BCUT2D eigenvalue weighted by Crippen LogP contribution is 2.33. The van der Waals surface area contributed by atoms with Crippen LogP contribution in [-0.4, -0.2) is 22.9 Å². The Labute approximate surface area is 154 Å². The number of carbonyl (C=O) groups excluding carboxylic acids is 1. The zero-order chi connectivity index (χ0) is 17.1. The van der Waals surface area contributed by atoms with Crippen LogP contribution in [0.3, 0.4) is 0 Å². The lowest BCUT2D eigenvalue weighted by molar-refractivity contribution is -0.384. The molecule has 3 unspecified atom stereocenters. The Morgan fingerprint density at radius 2 is 2.04 bits per heavy atom. The van der Waals surface area contributed by atoms with Crippen LogP contribution in [0, 0.1) is 16.0 Å². The lowest BCUT2D eigenvalue weighted by atomic mass is 9.89. The van der Waals surface area contributed by atoms with Crippen molar-refractivity contribution in [1.82, 2.24) is 10.6 Å². The van der Waals surface area contributed by atoms with Crippen LogP contribution in [0.1, 0.15) is 57.1 Å². The van der Waals surface area contributed by atoms with Gasteiger partial charge >= 0.3 is 0 Å². The minimum absolute atomic E-state index is 0. The van der Waals surface area contributed by atoms with Crippen LogP contribution in [0.4, 0.5) is 5.69 Å². The summed E-state index contributed by atoms with van der Waals surface area (Å²) < 4.78 is 0. The summed E-state index contributed by atoms with van der Waals surface area (Å²) in [4.78, 5) is 23.0. The van der Waals surface area contributed by atoms with Gasteiger partial charge in [0, 0.05) is 30.6 Å². The maximum absolute atomic E-state index is 12.4. The van der Waals surface area contributed by atoms with Crippen molar-refractivity contribution in [2.75, 3.05) is 0 Å². The van der Waals surface area contributed by atoms with Crippen LogP contribution in [0.15, 0.2) is 24.3 Å². The molecular weight excluding hydrogens is 342 g/mol.